The van der Waals surface area contributed by atoms with Crippen LogP contribution in [-0.2, 0) is 21.5 Å². The first-order valence-corrected chi connectivity index (χ1v) is 10.6. The summed E-state index contributed by atoms with van der Waals surface area (Å²) in [5.74, 6) is -0.858. The first-order chi connectivity index (χ1) is 15.3. The summed E-state index contributed by atoms with van der Waals surface area (Å²) in [6.07, 6.45) is 0.817. The molecule has 1 heterocycles. The van der Waals surface area contributed by atoms with Gasteiger partial charge in [-0.3, -0.25) is 14.5 Å². The standard InChI is InChI=1S/C26H23N3O3/c1-16-7-9-19(10-8-16)26(2)24(31)29(25(32)28-26)15-23(30)27-20-11-12-22-18(14-20)13-17-5-3-4-6-21(17)22/h3-12,14H,13,15H2,1-2H3,(H,27,30)(H,28,32)/t26-/m0/s1. The summed E-state index contributed by atoms with van der Waals surface area (Å²) in [6.45, 7) is 3.27. The van der Waals surface area contributed by atoms with E-state index in [1.807, 2.05) is 61.5 Å². The molecule has 0 spiro atoms. The van der Waals surface area contributed by atoms with Crippen molar-refractivity contribution in [1.29, 1.82) is 0 Å². The summed E-state index contributed by atoms with van der Waals surface area (Å²) < 4.78 is 0. The fourth-order valence-corrected chi connectivity index (χ4v) is 4.49. The van der Waals surface area contributed by atoms with Crippen LogP contribution in [0.2, 0.25) is 0 Å². The normalized spacial score (nSPS) is 18.9. The lowest BCUT2D eigenvalue weighted by Gasteiger charge is -2.22. The Hall–Kier alpha value is -3.93. The molecule has 1 aliphatic carbocycles. The van der Waals surface area contributed by atoms with E-state index >= 15 is 0 Å². The average molecular weight is 425 g/mol. The van der Waals surface area contributed by atoms with E-state index < -0.39 is 23.4 Å². The van der Waals surface area contributed by atoms with Gasteiger partial charge in [0.1, 0.15) is 12.1 Å². The van der Waals surface area contributed by atoms with Crippen LogP contribution in [0.15, 0.2) is 66.7 Å². The lowest BCUT2D eigenvalue weighted by Crippen LogP contribution is -2.42. The lowest BCUT2D eigenvalue weighted by atomic mass is 9.91. The zero-order chi connectivity index (χ0) is 22.5. The highest BCUT2D eigenvalue weighted by Crippen LogP contribution is 2.37. The van der Waals surface area contributed by atoms with Crippen LogP contribution < -0.4 is 10.6 Å². The van der Waals surface area contributed by atoms with Gasteiger partial charge in [-0.05, 0) is 60.2 Å². The second-order valence-corrected chi connectivity index (χ2v) is 8.57. The molecule has 0 unspecified atom stereocenters. The number of amides is 4. The molecule has 0 radical (unpaired) electrons. The molecule has 1 aliphatic heterocycles. The van der Waals surface area contributed by atoms with Crippen molar-refractivity contribution in [1.82, 2.24) is 10.2 Å². The zero-order valence-electron chi connectivity index (χ0n) is 17.9. The minimum absolute atomic E-state index is 0.344. The first kappa shape index (κ1) is 20.0. The van der Waals surface area contributed by atoms with Crippen LogP contribution >= 0.6 is 0 Å². The van der Waals surface area contributed by atoms with Crippen molar-refractivity contribution in [3.05, 3.63) is 89.0 Å². The molecule has 32 heavy (non-hydrogen) atoms. The maximum Gasteiger partial charge on any atom is 0.325 e. The highest BCUT2D eigenvalue weighted by molar-refractivity contribution is 6.10. The van der Waals surface area contributed by atoms with Crippen molar-refractivity contribution in [3.8, 4) is 11.1 Å². The van der Waals surface area contributed by atoms with Gasteiger partial charge in [-0.15, -0.1) is 0 Å². The fraction of sp³-hybridized carbons (Fsp3) is 0.192. The van der Waals surface area contributed by atoms with Gasteiger partial charge in [0.25, 0.3) is 5.91 Å². The second kappa shape index (κ2) is 7.34. The van der Waals surface area contributed by atoms with Gasteiger partial charge >= 0.3 is 6.03 Å². The number of imide groups is 1. The highest BCUT2D eigenvalue weighted by atomic mass is 16.2. The van der Waals surface area contributed by atoms with Gasteiger partial charge in [-0.1, -0.05) is 60.2 Å². The Bertz CT molecular complexity index is 1270. The van der Waals surface area contributed by atoms with Crippen molar-refractivity contribution in [3.63, 3.8) is 0 Å². The first-order valence-electron chi connectivity index (χ1n) is 10.6. The number of nitrogens with one attached hydrogen (secondary N) is 2. The minimum atomic E-state index is -1.19. The predicted octanol–water partition coefficient (Wildman–Crippen LogP) is 3.97. The molecule has 1 atom stereocenters. The van der Waals surface area contributed by atoms with Crippen LogP contribution in [-0.4, -0.2) is 29.3 Å². The van der Waals surface area contributed by atoms with Crippen LogP contribution in [0.1, 0.15) is 29.2 Å². The fourth-order valence-electron chi connectivity index (χ4n) is 4.49. The number of aryl methyl sites for hydroxylation is 1. The monoisotopic (exact) mass is 425 g/mol. The number of anilines is 1. The summed E-state index contributed by atoms with van der Waals surface area (Å²) in [7, 11) is 0. The third-order valence-electron chi connectivity index (χ3n) is 6.28. The Kier molecular flexibility index (Phi) is 4.59. The van der Waals surface area contributed by atoms with E-state index in [4.69, 9.17) is 0 Å². The van der Waals surface area contributed by atoms with E-state index in [1.54, 1.807) is 6.92 Å². The Morgan fingerprint density at radius 3 is 2.50 bits per heavy atom. The molecule has 160 valence electrons. The predicted molar refractivity (Wildman–Crippen MR) is 122 cm³/mol. The van der Waals surface area contributed by atoms with Gasteiger partial charge < -0.3 is 10.6 Å². The maximum atomic E-state index is 13.1. The van der Waals surface area contributed by atoms with Gasteiger partial charge in [0.15, 0.2) is 0 Å². The Morgan fingerprint density at radius 1 is 1.00 bits per heavy atom. The van der Waals surface area contributed by atoms with Gasteiger partial charge in [-0.2, -0.15) is 0 Å². The third-order valence-corrected chi connectivity index (χ3v) is 6.28. The van der Waals surface area contributed by atoms with Gasteiger partial charge in [0.2, 0.25) is 5.91 Å². The van der Waals surface area contributed by atoms with Crippen molar-refractivity contribution >= 4 is 23.5 Å². The van der Waals surface area contributed by atoms with E-state index in [9.17, 15) is 14.4 Å². The molecule has 1 fully saturated rings. The van der Waals surface area contributed by atoms with E-state index in [-0.39, 0.29) is 6.54 Å². The number of carbonyl (C=O) groups is 3. The van der Waals surface area contributed by atoms with Crippen molar-refractivity contribution in [2.24, 2.45) is 0 Å². The smallest absolute Gasteiger partial charge is 0.325 e. The number of fused-ring (bicyclic) bond motifs is 3. The molecule has 3 aromatic carbocycles. The molecular formula is C26H23N3O3. The second-order valence-electron chi connectivity index (χ2n) is 8.57. The minimum Gasteiger partial charge on any atom is -0.325 e. The van der Waals surface area contributed by atoms with Gasteiger partial charge in [-0.25, -0.2) is 4.79 Å². The van der Waals surface area contributed by atoms with Crippen molar-refractivity contribution in [2.45, 2.75) is 25.8 Å². The van der Waals surface area contributed by atoms with E-state index in [2.05, 4.69) is 22.8 Å². The molecule has 6 heteroatoms. The van der Waals surface area contributed by atoms with Crippen LogP contribution in [0, 0.1) is 6.92 Å². The third kappa shape index (κ3) is 3.24. The largest absolute Gasteiger partial charge is 0.325 e. The van der Waals surface area contributed by atoms with Crippen molar-refractivity contribution in [2.75, 3.05) is 11.9 Å². The molecule has 0 saturated carbocycles. The Morgan fingerprint density at radius 2 is 1.72 bits per heavy atom. The number of hydrogen-bond acceptors (Lipinski definition) is 3. The molecule has 5 rings (SSSR count). The summed E-state index contributed by atoms with van der Waals surface area (Å²) >= 11 is 0. The number of nitrogens with zero attached hydrogens (tertiary/aromatic N) is 1. The molecular weight excluding hydrogens is 402 g/mol. The summed E-state index contributed by atoms with van der Waals surface area (Å²) in [4.78, 5) is 39.2. The molecule has 3 aromatic rings. The molecule has 0 bridgehead atoms. The molecule has 4 amide bonds. The number of rotatable bonds is 4. The molecule has 0 aromatic heterocycles. The SMILES string of the molecule is Cc1ccc([C@]2(C)NC(=O)N(CC(=O)Nc3ccc4c(c3)Cc3ccccc3-4)C2=O)cc1. The molecule has 2 aliphatic rings. The van der Waals surface area contributed by atoms with E-state index in [0.29, 0.717) is 11.3 Å². The Labute approximate surface area is 186 Å². The summed E-state index contributed by atoms with van der Waals surface area (Å²) in [5, 5.41) is 5.56. The average Bonchev–Trinajstić information content (AvgIpc) is 3.24. The topological polar surface area (TPSA) is 78.5 Å². The van der Waals surface area contributed by atoms with Gasteiger partial charge in [0.05, 0.1) is 0 Å². The number of urea groups is 1. The van der Waals surface area contributed by atoms with Crippen LogP contribution in [0.3, 0.4) is 0 Å². The van der Waals surface area contributed by atoms with Crippen LogP contribution in [0.25, 0.3) is 11.1 Å². The number of hydrogen-bond donors (Lipinski definition) is 2. The van der Waals surface area contributed by atoms with Gasteiger partial charge in [0, 0.05) is 5.69 Å². The van der Waals surface area contributed by atoms with Crippen LogP contribution in [0.4, 0.5) is 10.5 Å². The molecule has 2 N–H and O–H groups in total. The number of benzene rings is 3. The lowest BCUT2D eigenvalue weighted by molar-refractivity contribution is -0.133. The van der Waals surface area contributed by atoms with E-state index in [1.165, 1.54) is 16.7 Å². The quantitative estimate of drug-likeness (QED) is 0.486. The number of carbonyl (C=O) groups excluding carboxylic acids is 3. The molecule has 6 nitrogen and oxygen atoms in total. The van der Waals surface area contributed by atoms with Crippen LogP contribution in [0.5, 0.6) is 0 Å². The molecule has 1 saturated heterocycles. The summed E-state index contributed by atoms with van der Waals surface area (Å²) in [6, 6.07) is 20.9. The van der Waals surface area contributed by atoms with E-state index in [0.717, 1.165) is 22.4 Å². The Balaban J connectivity index is 1.29. The van der Waals surface area contributed by atoms with Crippen molar-refractivity contribution < 1.29 is 14.4 Å². The zero-order valence-corrected chi connectivity index (χ0v) is 17.9. The highest BCUT2D eigenvalue weighted by Gasteiger charge is 2.49. The maximum absolute atomic E-state index is 13.1. The summed E-state index contributed by atoms with van der Waals surface area (Å²) in [5.41, 5.74) is 5.99.